The summed E-state index contributed by atoms with van der Waals surface area (Å²) < 4.78 is 13.8. The second kappa shape index (κ2) is 6.48. The third-order valence-corrected chi connectivity index (χ3v) is 4.03. The van der Waals surface area contributed by atoms with Gasteiger partial charge in [-0.25, -0.2) is 4.39 Å². The maximum Gasteiger partial charge on any atom is 0.124 e. The van der Waals surface area contributed by atoms with Gasteiger partial charge in [-0.3, -0.25) is 0 Å². The predicted molar refractivity (Wildman–Crippen MR) is 78.0 cm³/mol. The fourth-order valence-electron chi connectivity index (χ4n) is 2.43. The average molecular weight is 312 g/mol. The van der Waals surface area contributed by atoms with Crippen LogP contribution in [-0.4, -0.2) is 12.6 Å². The highest BCUT2D eigenvalue weighted by Gasteiger charge is 2.12. The first-order valence-electron chi connectivity index (χ1n) is 6.51. The van der Waals surface area contributed by atoms with Gasteiger partial charge in [0.25, 0.3) is 0 Å². The lowest BCUT2D eigenvalue weighted by Crippen LogP contribution is -2.33. The van der Waals surface area contributed by atoms with Crippen LogP contribution in [0, 0.1) is 5.82 Å². The molecule has 3 heteroatoms. The van der Waals surface area contributed by atoms with Crippen LogP contribution in [0.3, 0.4) is 0 Å². The van der Waals surface area contributed by atoms with Crippen LogP contribution in [0.4, 0.5) is 4.39 Å². The van der Waals surface area contributed by atoms with Crippen LogP contribution in [0.25, 0.3) is 6.08 Å². The van der Waals surface area contributed by atoms with E-state index < -0.39 is 0 Å². The van der Waals surface area contributed by atoms with E-state index in [1.165, 1.54) is 37.0 Å². The number of benzene rings is 1. The molecule has 1 atom stereocenters. The maximum absolute atomic E-state index is 13.0. The smallest absolute Gasteiger partial charge is 0.124 e. The Labute approximate surface area is 117 Å². The first-order chi connectivity index (χ1) is 8.65. The van der Waals surface area contributed by atoms with E-state index in [1.807, 2.05) is 6.07 Å². The van der Waals surface area contributed by atoms with Gasteiger partial charge in [0.1, 0.15) is 5.82 Å². The van der Waals surface area contributed by atoms with Crippen LogP contribution in [0.1, 0.15) is 38.2 Å². The van der Waals surface area contributed by atoms with E-state index in [9.17, 15) is 4.39 Å². The Balaban J connectivity index is 2.02. The second-order valence-corrected chi connectivity index (χ2v) is 5.86. The van der Waals surface area contributed by atoms with Crippen LogP contribution in [0.5, 0.6) is 0 Å². The van der Waals surface area contributed by atoms with Gasteiger partial charge in [0.15, 0.2) is 0 Å². The quantitative estimate of drug-likeness (QED) is 0.865. The number of halogens is 2. The summed E-state index contributed by atoms with van der Waals surface area (Å²) in [7, 11) is 0. The van der Waals surface area contributed by atoms with Crippen LogP contribution in [0.15, 0.2) is 28.2 Å². The lowest BCUT2D eigenvalue weighted by atomic mass is 9.97. The molecule has 0 radical (unpaired) electrons. The Morgan fingerprint density at radius 1 is 1.50 bits per heavy atom. The van der Waals surface area contributed by atoms with Gasteiger partial charge in [0, 0.05) is 10.5 Å². The van der Waals surface area contributed by atoms with Crippen molar-refractivity contribution in [1.29, 1.82) is 0 Å². The molecule has 0 aliphatic carbocycles. The van der Waals surface area contributed by atoms with Gasteiger partial charge in [-0.2, -0.15) is 0 Å². The van der Waals surface area contributed by atoms with Crippen molar-refractivity contribution in [2.75, 3.05) is 6.54 Å². The lowest BCUT2D eigenvalue weighted by molar-refractivity contribution is 0.399. The molecule has 1 N–H and O–H groups in total. The molecule has 0 spiro atoms. The Kier molecular flexibility index (Phi) is 4.95. The molecule has 1 unspecified atom stereocenters. The SMILES string of the molecule is C/C(=C/c1ccc(F)cc1Br)CC1CCCCN1. The van der Waals surface area contributed by atoms with Crippen molar-refractivity contribution in [3.63, 3.8) is 0 Å². The molecule has 1 nitrogen and oxygen atoms in total. The van der Waals surface area contributed by atoms with E-state index in [1.54, 1.807) is 0 Å². The molecule has 0 bridgehead atoms. The third kappa shape index (κ3) is 3.92. The molecule has 1 aromatic rings. The fraction of sp³-hybridized carbons (Fsp3) is 0.467. The van der Waals surface area contributed by atoms with E-state index in [-0.39, 0.29) is 5.82 Å². The number of piperidine rings is 1. The Hall–Kier alpha value is -0.670. The molecule has 0 aromatic heterocycles. The van der Waals surface area contributed by atoms with Gasteiger partial charge in [0.05, 0.1) is 0 Å². The normalized spacial score (nSPS) is 21.1. The molecule has 2 rings (SSSR count). The van der Waals surface area contributed by atoms with Crippen LogP contribution in [0.2, 0.25) is 0 Å². The van der Waals surface area contributed by atoms with Crippen molar-refractivity contribution in [3.8, 4) is 0 Å². The molecule has 1 aliphatic heterocycles. The fourth-order valence-corrected chi connectivity index (χ4v) is 2.90. The summed E-state index contributed by atoms with van der Waals surface area (Å²) >= 11 is 3.40. The van der Waals surface area contributed by atoms with Gasteiger partial charge < -0.3 is 5.32 Å². The van der Waals surface area contributed by atoms with Crippen molar-refractivity contribution in [2.45, 2.75) is 38.6 Å². The largest absolute Gasteiger partial charge is 0.314 e. The minimum absolute atomic E-state index is 0.203. The van der Waals surface area contributed by atoms with Crippen molar-refractivity contribution < 1.29 is 4.39 Å². The van der Waals surface area contributed by atoms with E-state index in [2.05, 4.69) is 34.2 Å². The monoisotopic (exact) mass is 311 g/mol. The predicted octanol–water partition coefficient (Wildman–Crippen LogP) is 4.52. The molecule has 98 valence electrons. The van der Waals surface area contributed by atoms with Crippen LogP contribution >= 0.6 is 15.9 Å². The Bertz CT molecular complexity index is 436. The Morgan fingerprint density at radius 2 is 2.33 bits per heavy atom. The number of rotatable bonds is 3. The van der Waals surface area contributed by atoms with Gasteiger partial charge in [-0.05, 0) is 50.4 Å². The molecule has 18 heavy (non-hydrogen) atoms. The first kappa shape index (κ1) is 13.8. The van der Waals surface area contributed by atoms with Crippen LogP contribution < -0.4 is 5.32 Å². The summed E-state index contributed by atoms with van der Waals surface area (Å²) in [6.07, 6.45) is 7.09. The van der Waals surface area contributed by atoms with E-state index >= 15 is 0 Å². The highest BCUT2D eigenvalue weighted by atomic mass is 79.9. The minimum atomic E-state index is -0.203. The lowest BCUT2D eigenvalue weighted by Gasteiger charge is -2.23. The average Bonchev–Trinajstić information content (AvgIpc) is 2.34. The van der Waals surface area contributed by atoms with Gasteiger partial charge in [-0.15, -0.1) is 0 Å². The maximum atomic E-state index is 13.0. The molecular weight excluding hydrogens is 293 g/mol. The first-order valence-corrected chi connectivity index (χ1v) is 7.30. The molecular formula is C15H19BrFN. The summed E-state index contributed by atoms with van der Waals surface area (Å²) in [6.45, 7) is 3.28. The number of hydrogen-bond donors (Lipinski definition) is 1. The summed E-state index contributed by atoms with van der Waals surface area (Å²) in [5.41, 5.74) is 2.38. The Morgan fingerprint density at radius 3 is 3.00 bits per heavy atom. The second-order valence-electron chi connectivity index (χ2n) is 5.01. The van der Waals surface area contributed by atoms with Gasteiger partial charge in [0.2, 0.25) is 0 Å². The van der Waals surface area contributed by atoms with E-state index in [0.717, 1.165) is 23.0 Å². The standard InChI is InChI=1S/C15H19BrFN/c1-11(9-14-4-2-3-7-18-14)8-12-5-6-13(17)10-15(12)16/h5-6,8,10,14,18H,2-4,7,9H2,1H3/b11-8-. The van der Waals surface area contributed by atoms with E-state index in [4.69, 9.17) is 0 Å². The van der Waals surface area contributed by atoms with Gasteiger partial charge >= 0.3 is 0 Å². The number of hydrogen-bond acceptors (Lipinski definition) is 1. The summed E-state index contributed by atoms with van der Waals surface area (Å²) in [6, 6.07) is 5.44. The van der Waals surface area contributed by atoms with Gasteiger partial charge in [-0.1, -0.05) is 40.1 Å². The summed E-state index contributed by atoms with van der Waals surface area (Å²) in [4.78, 5) is 0. The number of nitrogens with one attached hydrogen (secondary N) is 1. The highest BCUT2D eigenvalue weighted by Crippen LogP contribution is 2.23. The topological polar surface area (TPSA) is 12.0 Å². The highest BCUT2D eigenvalue weighted by molar-refractivity contribution is 9.10. The molecule has 1 aromatic carbocycles. The molecule has 0 amide bonds. The molecule has 1 aliphatic rings. The van der Waals surface area contributed by atoms with Crippen molar-refractivity contribution in [1.82, 2.24) is 5.32 Å². The van der Waals surface area contributed by atoms with Crippen molar-refractivity contribution in [3.05, 3.63) is 39.6 Å². The molecule has 0 saturated carbocycles. The summed E-state index contributed by atoms with van der Waals surface area (Å²) in [5, 5.41) is 3.55. The molecule has 1 saturated heterocycles. The zero-order valence-corrected chi connectivity index (χ0v) is 12.3. The molecule has 1 heterocycles. The molecule has 1 fully saturated rings. The third-order valence-electron chi connectivity index (χ3n) is 3.35. The minimum Gasteiger partial charge on any atom is -0.314 e. The zero-order valence-electron chi connectivity index (χ0n) is 10.7. The summed E-state index contributed by atoms with van der Waals surface area (Å²) in [5.74, 6) is -0.203. The van der Waals surface area contributed by atoms with Crippen LogP contribution in [-0.2, 0) is 0 Å². The van der Waals surface area contributed by atoms with Crippen molar-refractivity contribution in [2.24, 2.45) is 0 Å². The van der Waals surface area contributed by atoms with Crippen molar-refractivity contribution >= 4 is 22.0 Å². The van der Waals surface area contributed by atoms with E-state index in [0.29, 0.717) is 6.04 Å². The zero-order chi connectivity index (χ0) is 13.0.